The zero-order chi connectivity index (χ0) is 19.2. The molecule has 0 bridgehead atoms. The Bertz CT molecular complexity index is 786. The number of nitrogens with two attached hydrogens (primary N) is 1. The Hall–Kier alpha value is -2.81. The molecule has 1 aromatic carbocycles. The van der Waals surface area contributed by atoms with E-state index in [1.165, 1.54) is 12.1 Å². The van der Waals surface area contributed by atoms with E-state index in [4.69, 9.17) is 10.8 Å². The molecule has 1 fully saturated rings. The lowest BCUT2D eigenvalue weighted by molar-refractivity contribution is -0.137. The van der Waals surface area contributed by atoms with Gasteiger partial charge in [-0.25, -0.2) is 4.39 Å². The van der Waals surface area contributed by atoms with Crippen LogP contribution in [0.5, 0.6) is 0 Å². The maximum atomic E-state index is 13.0. The topological polar surface area (TPSA) is 117 Å². The standard InChI is InChI=1S/C18H23FN6O2/c19-12-4-6-13(7-5-12)21-18-23-15(22-17(20)24-18)11-25-10-2-1-3-14(25)8-9-16(26)27/h4-7,14H,1-3,8-11H2,(H,26,27)(H3,20,21,22,23,24). The first-order chi connectivity index (χ1) is 13.0. The third kappa shape index (κ3) is 5.58. The number of halogens is 1. The monoisotopic (exact) mass is 374 g/mol. The van der Waals surface area contributed by atoms with Crippen LogP contribution < -0.4 is 11.1 Å². The number of hydrogen-bond acceptors (Lipinski definition) is 7. The predicted octanol–water partition coefficient (Wildman–Crippen LogP) is 2.56. The molecule has 0 aliphatic carbocycles. The molecule has 9 heteroatoms. The Morgan fingerprint density at radius 2 is 2.04 bits per heavy atom. The average molecular weight is 374 g/mol. The number of hydrogen-bond donors (Lipinski definition) is 3. The number of anilines is 3. The van der Waals surface area contributed by atoms with Crippen LogP contribution in [0.15, 0.2) is 24.3 Å². The summed E-state index contributed by atoms with van der Waals surface area (Å²) in [6.07, 6.45) is 3.88. The van der Waals surface area contributed by atoms with Crippen LogP contribution >= 0.6 is 0 Å². The minimum Gasteiger partial charge on any atom is -0.481 e. The number of aliphatic carboxylic acids is 1. The van der Waals surface area contributed by atoms with Crippen molar-refractivity contribution in [2.24, 2.45) is 0 Å². The van der Waals surface area contributed by atoms with E-state index >= 15 is 0 Å². The molecule has 0 amide bonds. The summed E-state index contributed by atoms with van der Waals surface area (Å²) in [5.74, 6) is -0.189. The Balaban J connectivity index is 1.70. The number of carboxylic acid groups (broad SMARTS) is 1. The van der Waals surface area contributed by atoms with Gasteiger partial charge in [0.25, 0.3) is 0 Å². The van der Waals surface area contributed by atoms with E-state index in [0.717, 1.165) is 25.8 Å². The van der Waals surface area contributed by atoms with Gasteiger partial charge in [0.05, 0.1) is 6.54 Å². The molecule has 2 aromatic rings. The average Bonchev–Trinajstić information content (AvgIpc) is 2.62. The number of rotatable bonds is 7. The number of nitrogens with one attached hydrogen (secondary N) is 1. The lowest BCUT2D eigenvalue weighted by Crippen LogP contribution is -2.39. The van der Waals surface area contributed by atoms with Crippen molar-refractivity contribution >= 4 is 23.6 Å². The Morgan fingerprint density at radius 1 is 1.26 bits per heavy atom. The van der Waals surface area contributed by atoms with Crippen molar-refractivity contribution in [3.05, 3.63) is 35.9 Å². The Labute approximate surface area is 156 Å². The second kappa shape index (κ2) is 8.72. The van der Waals surface area contributed by atoms with Crippen molar-refractivity contribution in [2.45, 2.75) is 44.7 Å². The van der Waals surface area contributed by atoms with Crippen LogP contribution in [0.25, 0.3) is 0 Å². The molecule has 0 spiro atoms. The number of benzene rings is 1. The molecule has 4 N–H and O–H groups in total. The van der Waals surface area contributed by atoms with Crippen molar-refractivity contribution < 1.29 is 14.3 Å². The molecule has 1 unspecified atom stereocenters. The minimum atomic E-state index is -0.782. The van der Waals surface area contributed by atoms with Gasteiger partial charge in [-0.1, -0.05) is 6.42 Å². The Kier molecular flexibility index (Phi) is 6.12. The second-order valence-electron chi connectivity index (χ2n) is 6.62. The smallest absolute Gasteiger partial charge is 0.303 e. The van der Waals surface area contributed by atoms with Crippen LogP contribution in [0.4, 0.5) is 22.0 Å². The van der Waals surface area contributed by atoms with Crippen molar-refractivity contribution in [3.63, 3.8) is 0 Å². The molecule has 2 heterocycles. The van der Waals surface area contributed by atoms with Gasteiger partial charge < -0.3 is 16.2 Å². The van der Waals surface area contributed by atoms with E-state index in [1.54, 1.807) is 12.1 Å². The lowest BCUT2D eigenvalue weighted by atomic mass is 9.98. The normalized spacial score (nSPS) is 17.6. The van der Waals surface area contributed by atoms with Gasteiger partial charge in [-0.2, -0.15) is 15.0 Å². The van der Waals surface area contributed by atoms with Gasteiger partial charge in [-0.05, 0) is 50.1 Å². The molecule has 3 rings (SSSR count). The molecule has 0 saturated carbocycles. The summed E-state index contributed by atoms with van der Waals surface area (Å²) < 4.78 is 13.0. The van der Waals surface area contributed by atoms with E-state index in [0.29, 0.717) is 30.4 Å². The molecule has 1 aromatic heterocycles. The number of aromatic nitrogens is 3. The summed E-state index contributed by atoms with van der Waals surface area (Å²) >= 11 is 0. The van der Waals surface area contributed by atoms with E-state index in [-0.39, 0.29) is 24.2 Å². The van der Waals surface area contributed by atoms with Crippen molar-refractivity contribution in [3.8, 4) is 0 Å². The van der Waals surface area contributed by atoms with Gasteiger partial charge >= 0.3 is 5.97 Å². The van der Waals surface area contributed by atoms with Crippen LogP contribution in [0.3, 0.4) is 0 Å². The summed E-state index contributed by atoms with van der Waals surface area (Å²) in [7, 11) is 0. The van der Waals surface area contributed by atoms with Crippen molar-refractivity contribution in [1.82, 2.24) is 19.9 Å². The first-order valence-corrected chi connectivity index (χ1v) is 8.98. The molecule has 0 radical (unpaired) electrons. The van der Waals surface area contributed by atoms with Gasteiger partial charge in [0.1, 0.15) is 11.6 Å². The van der Waals surface area contributed by atoms with Crippen LogP contribution in [0, 0.1) is 5.82 Å². The summed E-state index contributed by atoms with van der Waals surface area (Å²) in [4.78, 5) is 25.8. The number of nitrogens with zero attached hydrogens (tertiary/aromatic N) is 4. The van der Waals surface area contributed by atoms with Crippen LogP contribution in [-0.2, 0) is 11.3 Å². The van der Waals surface area contributed by atoms with Crippen molar-refractivity contribution in [1.29, 1.82) is 0 Å². The fourth-order valence-corrected chi connectivity index (χ4v) is 3.29. The van der Waals surface area contributed by atoms with Gasteiger partial charge in [0.2, 0.25) is 11.9 Å². The summed E-state index contributed by atoms with van der Waals surface area (Å²) in [5, 5.41) is 11.9. The highest BCUT2D eigenvalue weighted by Gasteiger charge is 2.24. The predicted molar refractivity (Wildman–Crippen MR) is 98.8 cm³/mol. The fourth-order valence-electron chi connectivity index (χ4n) is 3.29. The van der Waals surface area contributed by atoms with Gasteiger partial charge in [0.15, 0.2) is 0 Å². The number of nitrogen functional groups attached to an aromatic ring is 1. The van der Waals surface area contributed by atoms with Gasteiger partial charge in [0, 0.05) is 18.2 Å². The summed E-state index contributed by atoms with van der Waals surface area (Å²) in [6.45, 7) is 1.35. The number of carboxylic acids is 1. The molecule has 144 valence electrons. The molecular weight excluding hydrogens is 351 g/mol. The molecule has 1 saturated heterocycles. The molecule has 8 nitrogen and oxygen atoms in total. The number of piperidine rings is 1. The van der Waals surface area contributed by atoms with Crippen molar-refractivity contribution in [2.75, 3.05) is 17.6 Å². The summed E-state index contributed by atoms with van der Waals surface area (Å²) in [6, 6.07) is 6.05. The first-order valence-electron chi connectivity index (χ1n) is 8.98. The highest BCUT2D eigenvalue weighted by molar-refractivity contribution is 5.66. The Morgan fingerprint density at radius 3 is 2.78 bits per heavy atom. The second-order valence-corrected chi connectivity index (χ2v) is 6.62. The summed E-state index contributed by atoms with van der Waals surface area (Å²) in [5.41, 5.74) is 6.46. The quantitative estimate of drug-likeness (QED) is 0.677. The maximum Gasteiger partial charge on any atom is 0.303 e. The molecular formula is C18H23FN6O2. The van der Waals surface area contributed by atoms with E-state index < -0.39 is 5.97 Å². The SMILES string of the molecule is Nc1nc(CN2CCCCC2CCC(=O)O)nc(Nc2ccc(F)cc2)n1. The zero-order valence-electron chi connectivity index (χ0n) is 14.9. The lowest BCUT2D eigenvalue weighted by Gasteiger charge is -2.35. The number of carbonyl (C=O) groups is 1. The largest absolute Gasteiger partial charge is 0.481 e. The van der Waals surface area contributed by atoms with Gasteiger partial charge in [-0.3, -0.25) is 9.69 Å². The fraction of sp³-hybridized carbons (Fsp3) is 0.444. The maximum absolute atomic E-state index is 13.0. The number of likely N-dealkylation sites (tertiary alicyclic amines) is 1. The van der Waals surface area contributed by atoms with Crippen LogP contribution in [0.1, 0.15) is 37.9 Å². The third-order valence-corrected chi connectivity index (χ3v) is 4.58. The zero-order valence-corrected chi connectivity index (χ0v) is 14.9. The third-order valence-electron chi connectivity index (χ3n) is 4.58. The van der Waals surface area contributed by atoms with E-state index in [2.05, 4.69) is 25.2 Å². The first kappa shape index (κ1) is 19.0. The minimum absolute atomic E-state index is 0.101. The highest BCUT2D eigenvalue weighted by Crippen LogP contribution is 2.23. The molecule has 27 heavy (non-hydrogen) atoms. The highest BCUT2D eigenvalue weighted by atomic mass is 19.1. The van der Waals surface area contributed by atoms with Crippen LogP contribution in [0.2, 0.25) is 0 Å². The molecule has 1 aliphatic heterocycles. The van der Waals surface area contributed by atoms with Gasteiger partial charge in [-0.15, -0.1) is 0 Å². The van der Waals surface area contributed by atoms with E-state index in [9.17, 15) is 9.18 Å². The molecule has 1 aliphatic rings. The van der Waals surface area contributed by atoms with E-state index in [1.807, 2.05) is 0 Å². The molecule has 1 atom stereocenters. The van der Waals surface area contributed by atoms with Crippen LogP contribution in [-0.4, -0.2) is 43.5 Å².